The summed E-state index contributed by atoms with van der Waals surface area (Å²) in [6.07, 6.45) is 5.78. The maximum atomic E-state index is 5.21. The Balaban J connectivity index is 2.59. The van der Waals surface area contributed by atoms with Gasteiger partial charge in [-0.05, 0) is 13.8 Å². The molecule has 0 atom stereocenters. The smallest absolute Gasteiger partial charge is 0.233 e. The minimum atomic E-state index is 0.144. The van der Waals surface area contributed by atoms with Crippen molar-refractivity contribution in [3.63, 3.8) is 0 Å². The molecule has 0 aliphatic rings. The van der Waals surface area contributed by atoms with Gasteiger partial charge in [0, 0.05) is 0 Å². The maximum Gasteiger partial charge on any atom is 0.233 e. The predicted molar refractivity (Wildman–Crippen MR) is 36.6 cm³/mol. The van der Waals surface area contributed by atoms with Crippen LogP contribution in [0.2, 0.25) is 0 Å². The van der Waals surface area contributed by atoms with Crippen molar-refractivity contribution in [1.82, 2.24) is 9.97 Å². The first-order valence-electron chi connectivity index (χ1n) is 3.14. The number of ether oxygens (including phenoxy) is 1. The van der Waals surface area contributed by atoms with E-state index in [4.69, 9.17) is 4.74 Å². The van der Waals surface area contributed by atoms with Gasteiger partial charge in [-0.1, -0.05) is 0 Å². The van der Waals surface area contributed by atoms with Crippen LogP contribution in [0.4, 0.5) is 0 Å². The molecule has 0 fully saturated rings. The van der Waals surface area contributed by atoms with Crippen molar-refractivity contribution in [2.75, 3.05) is 0 Å². The van der Waals surface area contributed by atoms with Gasteiger partial charge in [0.15, 0.2) is 0 Å². The second-order valence-corrected chi connectivity index (χ2v) is 2.15. The second kappa shape index (κ2) is 3.15. The van der Waals surface area contributed by atoms with Gasteiger partial charge in [-0.15, -0.1) is 0 Å². The number of nitrogens with zero attached hydrogens (tertiary/aromatic N) is 2. The van der Waals surface area contributed by atoms with Crippen LogP contribution < -0.4 is 4.74 Å². The van der Waals surface area contributed by atoms with E-state index in [1.807, 2.05) is 13.8 Å². The highest BCUT2D eigenvalue weighted by Crippen LogP contribution is 2.02. The Morgan fingerprint density at radius 2 is 2.40 bits per heavy atom. The third-order valence-corrected chi connectivity index (χ3v) is 0.848. The van der Waals surface area contributed by atoms with Crippen LogP contribution in [-0.4, -0.2) is 16.1 Å². The fourth-order valence-corrected chi connectivity index (χ4v) is 0.554. The molecule has 0 aromatic carbocycles. The monoisotopic (exact) mass is 137 g/mol. The minimum Gasteiger partial charge on any atom is -0.474 e. The minimum absolute atomic E-state index is 0.144. The maximum absolute atomic E-state index is 5.21. The lowest BCUT2D eigenvalue weighted by Crippen LogP contribution is -2.06. The zero-order chi connectivity index (χ0) is 7.40. The Kier molecular flexibility index (Phi) is 2.20. The highest BCUT2D eigenvalue weighted by molar-refractivity contribution is 5.00. The Labute approximate surface area is 60.1 Å². The fraction of sp³-hybridized carbons (Fsp3) is 0.429. The van der Waals surface area contributed by atoms with Gasteiger partial charge in [-0.2, -0.15) is 0 Å². The van der Waals surface area contributed by atoms with Crippen LogP contribution in [0.5, 0.6) is 5.88 Å². The summed E-state index contributed by atoms with van der Waals surface area (Å²) in [7, 11) is 0. The Morgan fingerprint density at radius 1 is 1.60 bits per heavy atom. The van der Waals surface area contributed by atoms with Gasteiger partial charge in [0.05, 0.1) is 18.5 Å². The van der Waals surface area contributed by atoms with E-state index < -0.39 is 0 Å². The van der Waals surface area contributed by atoms with E-state index in [9.17, 15) is 0 Å². The van der Waals surface area contributed by atoms with Crippen molar-refractivity contribution in [1.29, 1.82) is 0 Å². The summed E-state index contributed by atoms with van der Waals surface area (Å²) < 4.78 is 5.21. The topological polar surface area (TPSA) is 35.0 Å². The molecule has 1 heterocycles. The summed E-state index contributed by atoms with van der Waals surface area (Å²) in [5.41, 5.74) is 0. The highest BCUT2D eigenvalue weighted by Gasteiger charge is 1.95. The molecule has 0 saturated heterocycles. The summed E-state index contributed by atoms with van der Waals surface area (Å²) in [5, 5.41) is 0. The van der Waals surface area contributed by atoms with Gasteiger partial charge in [0.2, 0.25) is 5.88 Å². The molecular formula is C7H9N2O. The number of hydrogen-bond acceptors (Lipinski definition) is 3. The Hall–Kier alpha value is -1.12. The van der Waals surface area contributed by atoms with Crippen LogP contribution in [0, 0.1) is 6.20 Å². The molecule has 0 aliphatic carbocycles. The molecule has 0 unspecified atom stereocenters. The molecule has 1 aromatic rings. The molecule has 1 rings (SSSR count). The lowest BCUT2D eigenvalue weighted by Gasteiger charge is -2.05. The molecule has 0 spiro atoms. The molecular weight excluding hydrogens is 128 g/mol. The molecule has 0 aliphatic heterocycles. The summed E-state index contributed by atoms with van der Waals surface area (Å²) in [6, 6.07) is 0. The van der Waals surface area contributed by atoms with Crippen LogP contribution >= 0.6 is 0 Å². The second-order valence-electron chi connectivity index (χ2n) is 2.15. The van der Waals surface area contributed by atoms with Gasteiger partial charge < -0.3 is 4.74 Å². The first-order chi connectivity index (χ1) is 4.79. The number of aromatic nitrogens is 2. The lowest BCUT2D eigenvalue weighted by molar-refractivity contribution is 0.231. The third kappa shape index (κ3) is 2.01. The van der Waals surface area contributed by atoms with Crippen LogP contribution in [0.3, 0.4) is 0 Å². The normalized spacial score (nSPS) is 9.90. The number of hydrogen-bond donors (Lipinski definition) is 0. The molecule has 3 heteroatoms. The fourth-order valence-electron chi connectivity index (χ4n) is 0.554. The van der Waals surface area contributed by atoms with Crippen molar-refractivity contribution >= 4 is 0 Å². The van der Waals surface area contributed by atoms with Crippen molar-refractivity contribution in [3.8, 4) is 5.88 Å². The molecule has 53 valence electrons. The third-order valence-electron chi connectivity index (χ3n) is 0.848. The largest absolute Gasteiger partial charge is 0.474 e. The average molecular weight is 137 g/mol. The molecule has 0 amide bonds. The summed E-state index contributed by atoms with van der Waals surface area (Å²) in [6.45, 7) is 3.88. The Morgan fingerprint density at radius 3 is 2.90 bits per heavy atom. The van der Waals surface area contributed by atoms with Crippen LogP contribution in [0.25, 0.3) is 0 Å². The zero-order valence-electron chi connectivity index (χ0n) is 6.03. The van der Waals surface area contributed by atoms with Crippen molar-refractivity contribution < 1.29 is 4.74 Å². The molecule has 0 N–H and O–H groups in total. The van der Waals surface area contributed by atoms with E-state index in [0.29, 0.717) is 5.88 Å². The van der Waals surface area contributed by atoms with E-state index in [1.165, 1.54) is 6.20 Å². The van der Waals surface area contributed by atoms with Crippen molar-refractivity contribution in [3.05, 3.63) is 18.6 Å². The molecule has 0 bridgehead atoms. The molecule has 1 aromatic heterocycles. The first-order valence-corrected chi connectivity index (χ1v) is 3.14. The summed E-state index contributed by atoms with van der Waals surface area (Å²) in [4.78, 5) is 7.60. The summed E-state index contributed by atoms with van der Waals surface area (Å²) >= 11 is 0. The van der Waals surface area contributed by atoms with Crippen LogP contribution in [-0.2, 0) is 0 Å². The van der Waals surface area contributed by atoms with Crippen molar-refractivity contribution in [2.24, 2.45) is 0 Å². The van der Waals surface area contributed by atoms with E-state index in [0.717, 1.165) is 0 Å². The molecule has 1 radical (unpaired) electrons. The van der Waals surface area contributed by atoms with E-state index in [2.05, 4.69) is 16.2 Å². The van der Waals surface area contributed by atoms with Crippen LogP contribution in [0.1, 0.15) is 13.8 Å². The SMILES string of the molecule is CC(C)Oc1cnc[c]n1. The van der Waals surface area contributed by atoms with E-state index in [1.54, 1.807) is 6.20 Å². The highest BCUT2D eigenvalue weighted by atomic mass is 16.5. The number of rotatable bonds is 2. The molecule has 0 saturated carbocycles. The summed E-state index contributed by atoms with van der Waals surface area (Å²) in [5.74, 6) is 0.525. The van der Waals surface area contributed by atoms with Gasteiger partial charge in [-0.25, -0.2) is 4.98 Å². The van der Waals surface area contributed by atoms with Gasteiger partial charge in [-0.3, -0.25) is 4.98 Å². The predicted octanol–water partition coefficient (Wildman–Crippen LogP) is 1.06. The first kappa shape index (κ1) is 6.99. The zero-order valence-corrected chi connectivity index (χ0v) is 6.03. The van der Waals surface area contributed by atoms with Crippen LogP contribution in [0.15, 0.2) is 12.4 Å². The van der Waals surface area contributed by atoms with E-state index in [-0.39, 0.29) is 6.10 Å². The quantitative estimate of drug-likeness (QED) is 0.611. The molecule has 10 heavy (non-hydrogen) atoms. The average Bonchev–Trinajstić information content (AvgIpc) is 1.88. The van der Waals surface area contributed by atoms with Gasteiger partial charge in [0.1, 0.15) is 6.20 Å². The lowest BCUT2D eigenvalue weighted by atomic mass is 10.5. The van der Waals surface area contributed by atoms with Gasteiger partial charge >= 0.3 is 0 Å². The standard InChI is InChI=1S/C7H9N2O/c1-6(2)10-7-5-8-3-4-9-7/h3,5-6H,1-2H3. The van der Waals surface area contributed by atoms with Gasteiger partial charge in [0.25, 0.3) is 0 Å². The molecule has 3 nitrogen and oxygen atoms in total. The Bertz CT molecular complexity index is 186. The van der Waals surface area contributed by atoms with E-state index >= 15 is 0 Å². The van der Waals surface area contributed by atoms with Crippen molar-refractivity contribution in [2.45, 2.75) is 20.0 Å².